The van der Waals surface area contributed by atoms with Crippen molar-refractivity contribution in [3.8, 4) is 6.07 Å². The number of esters is 1. The van der Waals surface area contributed by atoms with E-state index in [9.17, 15) is 10.1 Å². The van der Waals surface area contributed by atoms with E-state index in [1.165, 1.54) is 14.2 Å². The van der Waals surface area contributed by atoms with Crippen LogP contribution < -0.4 is 0 Å². The van der Waals surface area contributed by atoms with Crippen LogP contribution in [0.25, 0.3) is 0 Å². The molecular weight excluding hydrogens is 286 g/mol. The second kappa shape index (κ2) is 6.83. The molecule has 0 amide bonds. The number of carbonyl (C=O) groups is 1. The highest BCUT2D eigenvalue weighted by atomic mass is 16.5. The number of methoxy groups -OCH3 is 2. The Labute approximate surface area is 127 Å². The zero-order chi connectivity index (χ0) is 16.1. The first-order chi connectivity index (χ1) is 10.6. The SMILES string of the molecule is COCC1=C(C(=O)OC)C(c2cccnc2)C(C#N)C(=N)O1. The first-order valence-electron chi connectivity index (χ1n) is 6.50. The third-order valence-electron chi connectivity index (χ3n) is 3.32. The van der Waals surface area contributed by atoms with Gasteiger partial charge in [0.1, 0.15) is 18.3 Å². The van der Waals surface area contributed by atoms with Crippen molar-refractivity contribution in [2.24, 2.45) is 5.92 Å². The molecule has 0 bridgehead atoms. The molecule has 1 aromatic heterocycles. The van der Waals surface area contributed by atoms with Gasteiger partial charge >= 0.3 is 5.97 Å². The van der Waals surface area contributed by atoms with Crippen molar-refractivity contribution in [3.63, 3.8) is 0 Å². The molecule has 0 radical (unpaired) electrons. The van der Waals surface area contributed by atoms with Crippen LogP contribution >= 0.6 is 0 Å². The van der Waals surface area contributed by atoms with E-state index in [1.54, 1.807) is 24.5 Å². The van der Waals surface area contributed by atoms with Gasteiger partial charge in [0.15, 0.2) is 0 Å². The molecule has 0 aliphatic carbocycles. The molecule has 0 aromatic carbocycles. The van der Waals surface area contributed by atoms with Crippen LogP contribution in [0.3, 0.4) is 0 Å². The molecule has 1 aliphatic rings. The maximum Gasteiger partial charge on any atom is 0.337 e. The van der Waals surface area contributed by atoms with Gasteiger partial charge in [-0.2, -0.15) is 5.26 Å². The number of nitrogens with one attached hydrogen (secondary N) is 1. The maximum absolute atomic E-state index is 12.2. The van der Waals surface area contributed by atoms with E-state index in [4.69, 9.17) is 19.6 Å². The summed E-state index contributed by atoms with van der Waals surface area (Å²) in [5.41, 5.74) is 0.816. The topological polar surface area (TPSA) is 105 Å². The van der Waals surface area contributed by atoms with Crippen LogP contribution in [0.5, 0.6) is 0 Å². The van der Waals surface area contributed by atoms with Crippen molar-refractivity contribution < 1.29 is 19.0 Å². The van der Waals surface area contributed by atoms with E-state index in [1.807, 2.05) is 6.07 Å². The molecule has 114 valence electrons. The summed E-state index contributed by atoms with van der Waals surface area (Å²) in [7, 11) is 2.70. The van der Waals surface area contributed by atoms with Gasteiger partial charge in [-0.3, -0.25) is 10.4 Å². The molecular formula is C15H15N3O4. The van der Waals surface area contributed by atoms with Gasteiger partial charge < -0.3 is 14.2 Å². The summed E-state index contributed by atoms with van der Waals surface area (Å²) in [6.45, 7) is 0.00171. The highest BCUT2D eigenvalue weighted by molar-refractivity contribution is 5.95. The summed E-state index contributed by atoms with van der Waals surface area (Å²) in [4.78, 5) is 16.2. The molecule has 2 unspecified atom stereocenters. The first kappa shape index (κ1) is 15.7. The average Bonchev–Trinajstić information content (AvgIpc) is 2.54. The number of pyridine rings is 1. The molecule has 2 atom stereocenters. The fraction of sp³-hybridized carbons (Fsp3) is 0.333. The molecule has 1 N–H and O–H groups in total. The van der Waals surface area contributed by atoms with E-state index < -0.39 is 17.8 Å². The Kier molecular flexibility index (Phi) is 4.86. The molecule has 0 saturated heterocycles. The van der Waals surface area contributed by atoms with Crippen molar-refractivity contribution >= 4 is 11.9 Å². The zero-order valence-corrected chi connectivity index (χ0v) is 12.2. The zero-order valence-electron chi connectivity index (χ0n) is 12.2. The lowest BCUT2D eigenvalue weighted by molar-refractivity contribution is -0.137. The van der Waals surface area contributed by atoms with E-state index >= 15 is 0 Å². The Bertz CT molecular complexity index is 649. The average molecular weight is 301 g/mol. The molecule has 1 aliphatic heterocycles. The second-order valence-electron chi connectivity index (χ2n) is 4.60. The largest absolute Gasteiger partial charge is 0.466 e. The Balaban J connectivity index is 2.64. The minimum Gasteiger partial charge on any atom is -0.466 e. The van der Waals surface area contributed by atoms with Crippen molar-refractivity contribution in [1.82, 2.24) is 4.98 Å². The Morgan fingerprint density at radius 3 is 2.86 bits per heavy atom. The van der Waals surface area contributed by atoms with Gasteiger partial charge in [0, 0.05) is 25.4 Å². The van der Waals surface area contributed by atoms with Gasteiger partial charge in [0.25, 0.3) is 0 Å². The van der Waals surface area contributed by atoms with Crippen LogP contribution in [0, 0.1) is 22.7 Å². The van der Waals surface area contributed by atoms with Gasteiger partial charge in [-0.15, -0.1) is 0 Å². The Morgan fingerprint density at radius 1 is 1.55 bits per heavy atom. The second-order valence-corrected chi connectivity index (χ2v) is 4.60. The minimum atomic E-state index is -0.932. The van der Waals surface area contributed by atoms with Gasteiger partial charge in [0.05, 0.1) is 18.8 Å². The number of hydrogen-bond acceptors (Lipinski definition) is 7. The lowest BCUT2D eigenvalue weighted by Crippen LogP contribution is -2.34. The maximum atomic E-state index is 12.2. The molecule has 0 spiro atoms. The molecule has 1 aromatic rings. The van der Waals surface area contributed by atoms with Gasteiger partial charge in [-0.1, -0.05) is 6.07 Å². The molecule has 0 fully saturated rings. The number of nitrogens with zero attached hydrogens (tertiary/aromatic N) is 2. The minimum absolute atomic E-state index is 0.00171. The van der Waals surface area contributed by atoms with Crippen LogP contribution in [0.4, 0.5) is 0 Å². The van der Waals surface area contributed by atoms with Gasteiger partial charge in [0.2, 0.25) is 5.90 Å². The number of carbonyl (C=O) groups excluding carboxylic acids is 1. The predicted octanol–water partition coefficient (Wildman–Crippen LogP) is 1.39. The molecule has 22 heavy (non-hydrogen) atoms. The number of ether oxygens (including phenoxy) is 3. The number of aromatic nitrogens is 1. The fourth-order valence-corrected chi connectivity index (χ4v) is 2.38. The normalized spacial score (nSPS) is 21.0. The lowest BCUT2D eigenvalue weighted by atomic mass is 9.79. The van der Waals surface area contributed by atoms with Crippen molar-refractivity contribution in [1.29, 1.82) is 10.7 Å². The Morgan fingerprint density at radius 2 is 2.32 bits per heavy atom. The molecule has 2 heterocycles. The fourth-order valence-electron chi connectivity index (χ4n) is 2.38. The van der Waals surface area contributed by atoms with Gasteiger partial charge in [-0.05, 0) is 11.6 Å². The van der Waals surface area contributed by atoms with Crippen molar-refractivity contribution in [3.05, 3.63) is 41.4 Å². The summed E-state index contributed by atoms with van der Waals surface area (Å²) in [6, 6.07) is 5.46. The van der Waals surface area contributed by atoms with E-state index in [0.717, 1.165) is 0 Å². The lowest BCUT2D eigenvalue weighted by Gasteiger charge is -2.30. The summed E-state index contributed by atoms with van der Waals surface area (Å²) in [5.74, 6) is -2.28. The third-order valence-corrected chi connectivity index (χ3v) is 3.32. The standard InChI is InChI=1S/C15H15N3O4/c1-20-8-11-13(15(19)21-2)12(9-4-3-5-18-7-9)10(6-16)14(17)22-11/h3-5,7,10,12,17H,8H2,1-2H3. The predicted molar refractivity (Wildman–Crippen MR) is 75.8 cm³/mol. The third kappa shape index (κ3) is 2.82. The molecule has 7 heteroatoms. The molecule has 0 saturated carbocycles. The molecule has 2 rings (SSSR count). The van der Waals surface area contributed by atoms with E-state index in [0.29, 0.717) is 5.56 Å². The van der Waals surface area contributed by atoms with Gasteiger partial charge in [-0.25, -0.2) is 4.79 Å². The van der Waals surface area contributed by atoms with Crippen LogP contribution in [0.15, 0.2) is 35.9 Å². The van der Waals surface area contributed by atoms with E-state index in [-0.39, 0.29) is 23.8 Å². The summed E-state index contributed by atoms with van der Waals surface area (Å²) >= 11 is 0. The highest BCUT2D eigenvalue weighted by Crippen LogP contribution is 2.39. The number of rotatable bonds is 4. The monoisotopic (exact) mass is 301 g/mol. The first-order valence-corrected chi connectivity index (χ1v) is 6.50. The smallest absolute Gasteiger partial charge is 0.337 e. The van der Waals surface area contributed by atoms with E-state index in [2.05, 4.69) is 4.98 Å². The van der Waals surface area contributed by atoms with Crippen LogP contribution in [-0.4, -0.2) is 37.7 Å². The van der Waals surface area contributed by atoms with Crippen LogP contribution in [-0.2, 0) is 19.0 Å². The van der Waals surface area contributed by atoms with Crippen LogP contribution in [0.1, 0.15) is 11.5 Å². The highest BCUT2D eigenvalue weighted by Gasteiger charge is 2.42. The Hall–Kier alpha value is -2.72. The summed E-state index contributed by atoms with van der Waals surface area (Å²) < 4.78 is 15.1. The number of hydrogen-bond donors (Lipinski definition) is 1. The van der Waals surface area contributed by atoms with Crippen LogP contribution in [0.2, 0.25) is 0 Å². The summed E-state index contributed by atoms with van der Waals surface area (Å²) in [6.07, 6.45) is 3.15. The van der Waals surface area contributed by atoms with Crippen molar-refractivity contribution in [2.45, 2.75) is 5.92 Å². The summed E-state index contributed by atoms with van der Waals surface area (Å²) in [5, 5.41) is 17.3. The molecule has 7 nitrogen and oxygen atoms in total. The quantitative estimate of drug-likeness (QED) is 0.842. The van der Waals surface area contributed by atoms with Crippen molar-refractivity contribution in [2.75, 3.05) is 20.8 Å². The number of nitriles is 1.